The van der Waals surface area contributed by atoms with Crippen molar-refractivity contribution in [3.8, 4) is 0 Å². The molecule has 1 heterocycles. The van der Waals surface area contributed by atoms with Gasteiger partial charge in [0.1, 0.15) is 0 Å². The zero-order valence-corrected chi connectivity index (χ0v) is 17.7. The molecule has 0 aliphatic heterocycles. The van der Waals surface area contributed by atoms with Crippen LogP contribution in [0.5, 0.6) is 0 Å². The number of aromatic amines is 1. The number of hydrogen-bond donors (Lipinski definition) is 3. The van der Waals surface area contributed by atoms with Gasteiger partial charge in [-0.15, -0.1) is 0 Å². The van der Waals surface area contributed by atoms with Gasteiger partial charge in [0.25, 0.3) is 5.56 Å². The number of nitrogens with one attached hydrogen (secondary N) is 2. The molecule has 0 saturated heterocycles. The Hall–Kier alpha value is -1.92. The molecule has 1 saturated carbocycles. The fraction of sp³-hybridized carbons (Fsp3) is 0.545. The van der Waals surface area contributed by atoms with Crippen LogP contribution in [0.2, 0.25) is 0 Å². The van der Waals surface area contributed by atoms with Gasteiger partial charge in [0, 0.05) is 35.7 Å². The highest BCUT2D eigenvalue weighted by Crippen LogP contribution is 2.20. The maximum atomic E-state index is 12.7. The number of aromatic nitrogens is 1. The summed E-state index contributed by atoms with van der Waals surface area (Å²) in [7, 11) is 0. The van der Waals surface area contributed by atoms with E-state index in [4.69, 9.17) is 12.2 Å². The van der Waals surface area contributed by atoms with Crippen LogP contribution in [-0.4, -0.2) is 39.3 Å². The largest absolute Gasteiger partial charge is 0.396 e. The number of benzene rings is 1. The number of hydrogen-bond acceptors (Lipinski definition) is 3. The molecule has 3 rings (SSSR count). The van der Waals surface area contributed by atoms with Crippen molar-refractivity contribution >= 4 is 28.2 Å². The maximum absolute atomic E-state index is 12.7. The van der Waals surface area contributed by atoms with Crippen LogP contribution in [0, 0.1) is 13.8 Å². The Morgan fingerprint density at radius 1 is 1.25 bits per heavy atom. The molecule has 152 valence electrons. The summed E-state index contributed by atoms with van der Waals surface area (Å²) in [5.41, 5.74) is 3.78. The van der Waals surface area contributed by atoms with Crippen LogP contribution in [-0.2, 0) is 6.54 Å². The number of nitrogens with zero attached hydrogens (tertiary/aromatic N) is 1. The maximum Gasteiger partial charge on any atom is 0.253 e. The molecule has 0 spiro atoms. The summed E-state index contributed by atoms with van der Waals surface area (Å²) >= 11 is 5.67. The minimum atomic E-state index is -0.0769. The van der Waals surface area contributed by atoms with Crippen LogP contribution in [0.4, 0.5) is 0 Å². The van der Waals surface area contributed by atoms with Gasteiger partial charge in [-0.05, 0) is 68.6 Å². The standard InChI is InChI=1S/C22H31N3O2S/c1-15-11-16(2)19-13-17(21(27)24-20(19)12-15)14-25(9-6-10-26)22(28)23-18-7-4-3-5-8-18/h11-13,18,26H,3-10,14H2,1-2H3,(H,23,28)(H,24,27). The first-order chi connectivity index (χ1) is 13.5. The Bertz CT molecular complexity index is 887. The molecule has 3 N–H and O–H groups in total. The van der Waals surface area contributed by atoms with E-state index >= 15 is 0 Å². The number of rotatable bonds is 6. The minimum absolute atomic E-state index is 0.0769. The lowest BCUT2D eigenvalue weighted by Crippen LogP contribution is -2.46. The van der Waals surface area contributed by atoms with Crippen molar-refractivity contribution in [2.75, 3.05) is 13.2 Å². The predicted molar refractivity (Wildman–Crippen MR) is 119 cm³/mol. The van der Waals surface area contributed by atoms with Crippen molar-refractivity contribution in [3.05, 3.63) is 45.2 Å². The third kappa shape index (κ3) is 5.11. The second kappa shape index (κ2) is 9.52. The topological polar surface area (TPSA) is 68.4 Å². The third-order valence-corrected chi connectivity index (χ3v) is 5.93. The van der Waals surface area contributed by atoms with E-state index in [1.165, 1.54) is 19.3 Å². The Kier molecular flexibility index (Phi) is 7.08. The minimum Gasteiger partial charge on any atom is -0.396 e. The first-order valence-corrected chi connectivity index (χ1v) is 10.7. The van der Waals surface area contributed by atoms with Gasteiger partial charge in [0.15, 0.2) is 5.11 Å². The van der Waals surface area contributed by atoms with E-state index in [1.807, 2.05) is 24.0 Å². The van der Waals surface area contributed by atoms with Crippen molar-refractivity contribution in [1.29, 1.82) is 0 Å². The normalized spacial score (nSPS) is 15.0. The van der Waals surface area contributed by atoms with Crippen molar-refractivity contribution in [3.63, 3.8) is 0 Å². The number of fused-ring (bicyclic) bond motifs is 1. The van der Waals surface area contributed by atoms with Gasteiger partial charge in [0.2, 0.25) is 0 Å². The van der Waals surface area contributed by atoms with Crippen molar-refractivity contribution in [2.24, 2.45) is 0 Å². The lowest BCUT2D eigenvalue weighted by atomic mass is 9.96. The van der Waals surface area contributed by atoms with Crippen LogP contribution in [0.3, 0.4) is 0 Å². The SMILES string of the molecule is Cc1cc(C)c2cc(CN(CCCO)C(=S)NC3CCCCC3)c(=O)[nH]c2c1. The molecular weight excluding hydrogens is 370 g/mol. The molecule has 0 radical (unpaired) electrons. The molecule has 0 unspecified atom stereocenters. The third-order valence-electron chi connectivity index (χ3n) is 5.56. The lowest BCUT2D eigenvalue weighted by Gasteiger charge is -2.30. The molecule has 28 heavy (non-hydrogen) atoms. The zero-order valence-electron chi connectivity index (χ0n) is 16.9. The first-order valence-electron chi connectivity index (χ1n) is 10.3. The van der Waals surface area contributed by atoms with Crippen molar-refractivity contribution < 1.29 is 5.11 Å². The van der Waals surface area contributed by atoms with Gasteiger partial charge >= 0.3 is 0 Å². The van der Waals surface area contributed by atoms with E-state index in [-0.39, 0.29) is 12.2 Å². The van der Waals surface area contributed by atoms with Crippen LogP contribution >= 0.6 is 12.2 Å². The Morgan fingerprint density at radius 2 is 2.00 bits per heavy atom. The molecule has 1 fully saturated rings. The fourth-order valence-electron chi connectivity index (χ4n) is 4.07. The van der Waals surface area contributed by atoms with E-state index in [1.54, 1.807) is 0 Å². The molecule has 2 aromatic rings. The summed E-state index contributed by atoms with van der Waals surface area (Å²) < 4.78 is 0. The number of H-pyrrole nitrogens is 1. The molecule has 0 bridgehead atoms. The molecular formula is C22H31N3O2S. The monoisotopic (exact) mass is 401 g/mol. The summed E-state index contributed by atoms with van der Waals surface area (Å²) in [6.45, 7) is 5.27. The van der Waals surface area contributed by atoms with E-state index in [0.29, 0.717) is 36.2 Å². The van der Waals surface area contributed by atoms with Gasteiger partial charge in [-0.1, -0.05) is 25.3 Å². The lowest BCUT2D eigenvalue weighted by molar-refractivity contribution is 0.262. The molecule has 1 aliphatic carbocycles. The molecule has 5 nitrogen and oxygen atoms in total. The predicted octanol–water partition coefficient (Wildman–Crippen LogP) is 3.54. The van der Waals surface area contributed by atoms with Gasteiger partial charge in [-0.2, -0.15) is 0 Å². The van der Waals surface area contributed by atoms with Crippen LogP contribution in [0.25, 0.3) is 10.9 Å². The second-order valence-corrected chi connectivity index (χ2v) is 8.34. The van der Waals surface area contributed by atoms with Crippen LogP contribution in [0.1, 0.15) is 55.2 Å². The highest BCUT2D eigenvalue weighted by Gasteiger charge is 2.18. The number of aliphatic hydroxyl groups excluding tert-OH is 1. The van der Waals surface area contributed by atoms with Gasteiger partial charge in [-0.25, -0.2) is 0 Å². The summed E-state index contributed by atoms with van der Waals surface area (Å²) in [6.07, 6.45) is 6.67. The number of aryl methyl sites for hydroxylation is 2. The quantitative estimate of drug-likeness (QED) is 0.646. The molecule has 0 amide bonds. The Morgan fingerprint density at radius 3 is 2.71 bits per heavy atom. The van der Waals surface area contributed by atoms with E-state index in [9.17, 15) is 9.90 Å². The summed E-state index contributed by atoms with van der Waals surface area (Å²) in [6, 6.07) is 6.53. The summed E-state index contributed by atoms with van der Waals surface area (Å²) in [4.78, 5) is 17.7. The highest BCUT2D eigenvalue weighted by atomic mass is 32.1. The molecule has 1 aromatic heterocycles. The zero-order chi connectivity index (χ0) is 20.1. The average molecular weight is 402 g/mol. The molecule has 0 atom stereocenters. The van der Waals surface area contributed by atoms with E-state index < -0.39 is 0 Å². The van der Waals surface area contributed by atoms with E-state index in [0.717, 1.165) is 34.9 Å². The summed E-state index contributed by atoms with van der Waals surface area (Å²) in [5.74, 6) is 0. The first kappa shape index (κ1) is 20.8. The van der Waals surface area contributed by atoms with Crippen LogP contribution < -0.4 is 10.9 Å². The number of pyridine rings is 1. The van der Waals surface area contributed by atoms with Crippen molar-refractivity contribution in [1.82, 2.24) is 15.2 Å². The van der Waals surface area contributed by atoms with Gasteiger partial charge < -0.3 is 20.3 Å². The molecule has 1 aromatic carbocycles. The van der Waals surface area contributed by atoms with Gasteiger partial charge in [-0.3, -0.25) is 4.79 Å². The second-order valence-electron chi connectivity index (χ2n) is 7.95. The Labute approximate surface area is 172 Å². The van der Waals surface area contributed by atoms with Gasteiger partial charge in [0.05, 0.1) is 6.54 Å². The fourth-order valence-corrected chi connectivity index (χ4v) is 4.39. The number of thiocarbonyl (C=S) groups is 1. The van der Waals surface area contributed by atoms with E-state index in [2.05, 4.69) is 23.3 Å². The average Bonchev–Trinajstić information content (AvgIpc) is 2.66. The molecule has 1 aliphatic rings. The molecule has 6 heteroatoms. The highest BCUT2D eigenvalue weighted by molar-refractivity contribution is 7.80. The smallest absolute Gasteiger partial charge is 0.253 e. The van der Waals surface area contributed by atoms with Crippen molar-refractivity contribution in [2.45, 2.75) is 65.0 Å². The van der Waals surface area contributed by atoms with Crippen LogP contribution in [0.15, 0.2) is 23.0 Å². The Balaban J connectivity index is 1.82. The summed E-state index contributed by atoms with van der Waals surface area (Å²) in [5, 5.41) is 14.5. The number of aliphatic hydroxyl groups is 1.